The van der Waals surface area contributed by atoms with Crippen LogP contribution < -0.4 is 4.74 Å². The van der Waals surface area contributed by atoms with Gasteiger partial charge in [0.1, 0.15) is 10.9 Å². The van der Waals surface area contributed by atoms with Gasteiger partial charge >= 0.3 is 0 Å². The van der Waals surface area contributed by atoms with Crippen LogP contribution >= 0.6 is 27.5 Å². The smallest absolute Gasteiger partial charge is 0.161 e. The summed E-state index contributed by atoms with van der Waals surface area (Å²) in [5.74, 6) is 1.42. The van der Waals surface area contributed by atoms with E-state index in [-0.39, 0.29) is 0 Å². The van der Waals surface area contributed by atoms with E-state index in [9.17, 15) is 0 Å². The Morgan fingerprint density at radius 3 is 2.55 bits per heavy atom. The predicted molar refractivity (Wildman–Crippen MR) is 84.2 cm³/mol. The van der Waals surface area contributed by atoms with Crippen LogP contribution in [-0.2, 0) is 0 Å². The van der Waals surface area contributed by atoms with Crippen LogP contribution in [0.3, 0.4) is 0 Å². The second kappa shape index (κ2) is 5.38. The maximum Gasteiger partial charge on any atom is 0.161 e. The molecule has 0 fully saturated rings. The Morgan fingerprint density at radius 1 is 1.10 bits per heavy atom. The number of halogens is 2. The summed E-state index contributed by atoms with van der Waals surface area (Å²) in [6, 6.07) is 11.8. The van der Waals surface area contributed by atoms with E-state index in [4.69, 9.17) is 16.3 Å². The SMILES string of the molecule is COc1ccc(-c2ncc(Br)c(Cl)n2)c2ccccc12. The van der Waals surface area contributed by atoms with Gasteiger partial charge in [-0.25, -0.2) is 9.97 Å². The summed E-state index contributed by atoms with van der Waals surface area (Å²) in [6.45, 7) is 0. The van der Waals surface area contributed by atoms with Crippen molar-refractivity contribution in [2.45, 2.75) is 0 Å². The molecule has 0 aliphatic heterocycles. The van der Waals surface area contributed by atoms with Gasteiger partial charge in [0.05, 0.1) is 11.6 Å². The number of hydrogen-bond acceptors (Lipinski definition) is 3. The fraction of sp³-hybridized carbons (Fsp3) is 0.0667. The summed E-state index contributed by atoms with van der Waals surface area (Å²) in [7, 11) is 1.66. The maximum atomic E-state index is 6.05. The highest BCUT2D eigenvalue weighted by Gasteiger charge is 2.11. The molecule has 1 heterocycles. The van der Waals surface area contributed by atoms with Crippen LogP contribution in [0.4, 0.5) is 0 Å². The average Bonchev–Trinajstić information content (AvgIpc) is 2.49. The third-order valence-corrected chi connectivity index (χ3v) is 4.14. The lowest BCUT2D eigenvalue weighted by Gasteiger charge is -2.10. The van der Waals surface area contributed by atoms with Crippen molar-refractivity contribution in [3.63, 3.8) is 0 Å². The number of rotatable bonds is 2. The molecule has 0 amide bonds. The van der Waals surface area contributed by atoms with Crippen LogP contribution in [0.15, 0.2) is 47.1 Å². The predicted octanol–water partition coefficient (Wildman–Crippen LogP) is 4.72. The van der Waals surface area contributed by atoms with Crippen LogP contribution in [0, 0.1) is 0 Å². The van der Waals surface area contributed by atoms with Crippen molar-refractivity contribution in [3.05, 3.63) is 52.2 Å². The van der Waals surface area contributed by atoms with Gasteiger partial charge in [-0.1, -0.05) is 35.9 Å². The van der Waals surface area contributed by atoms with Crippen molar-refractivity contribution in [1.82, 2.24) is 9.97 Å². The molecule has 1 aromatic heterocycles. The molecule has 2 aromatic carbocycles. The summed E-state index contributed by atoms with van der Waals surface area (Å²) >= 11 is 9.35. The zero-order valence-corrected chi connectivity index (χ0v) is 12.9. The molecule has 0 aliphatic rings. The first kappa shape index (κ1) is 13.3. The highest BCUT2D eigenvalue weighted by Crippen LogP contribution is 2.33. The first-order valence-corrected chi connectivity index (χ1v) is 7.12. The molecule has 3 aromatic rings. The lowest BCUT2D eigenvalue weighted by Crippen LogP contribution is -1.92. The zero-order chi connectivity index (χ0) is 14.1. The Kier molecular flexibility index (Phi) is 3.59. The van der Waals surface area contributed by atoms with Crippen molar-refractivity contribution >= 4 is 38.3 Å². The Labute approximate surface area is 129 Å². The average molecular weight is 350 g/mol. The topological polar surface area (TPSA) is 35.0 Å². The molecule has 0 radical (unpaired) electrons. The standard InChI is InChI=1S/C15H10BrClN2O/c1-20-13-7-6-11(9-4-2-3-5-10(9)13)15-18-8-12(16)14(17)19-15/h2-8H,1H3. The molecule has 100 valence electrons. The van der Waals surface area contributed by atoms with Gasteiger partial charge < -0.3 is 4.74 Å². The Bertz CT molecular complexity index is 792. The summed E-state index contributed by atoms with van der Waals surface area (Å²) < 4.78 is 6.07. The minimum absolute atomic E-state index is 0.398. The number of methoxy groups -OCH3 is 1. The minimum atomic E-state index is 0.398. The van der Waals surface area contributed by atoms with Gasteiger partial charge in [-0.2, -0.15) is 0 Å². The molecule has 5 heteroatoms. The van der Waals surface area contributed by atoms with Gasteiger partial charge in [0.2, 0.25) is 0 Å². The van der Waals surface area contributed by atoms with Crippen LogP contribution in [0.1, 0.15) is 0 Å². The van der Waals surface area contributed by atoms with Gasteiger partial charge in [-0.15, -0.1) is 0 Å². The lowest BCUT2D eigenvalue weighted by molar-refractivity contribution is 0.420. The summed E-state index contributed by atoms with van der Waals surface area (Å²) in [5.41, 5.74) is 0.927. The van der Waals surface area contributed by atoms with Crippen LogP contribution in [-0.4, -0.2) is 17.1 Å². The van der Waals surface area contributed by atoms with Crippen LogP contribution in [0.5, 0.6) is 5.75 Å². The molecule has 0 saturated heterocycles. The lowest BCUT2D eigenvalue weighted by atomic mass is 10.0. The van der Waals surface area contributed by atoms with Crippen molar-refractivity contribution < 1.29 is 4.74 Å². The molecule has 20 heavy (non-hydrogen) atoms. The molecule has 0 N–H and O–H groups in total. The molecule has 0 saturated carbocycles. The largest absolute Gasteiger partial charge is 0.496 e. The van der Waals surface area contributed by atoms with E-state index in [1.807, 2.05) is 36.4 Å². The van der Waals surface area contributed by atoms with E-state index in [0.717, 1.165) is 22.1 Å². The maximum absolute atomic E-state index is 6.05. The van der Waals surface area contributed by atoms with Gasteiger partial charge in [0, 0.05) is 17.1 Å². The quantitative estimate of drug-likeness (QED) is 0.628. The molecule has 0 atom stereocenters. The fourth-order valence-electron chi connectivity index (χ4n) is 2.12. The van der Waals surface area contributed by atoms with Crippen LogP contribution in [0.25, 0.3) is 22.2 Å². The van der Waals surface area contributed by atoms with E-state index in [1.54, 1.807) is 13.3 Å². The Morgan fingerprint density at radius 2 is 1.85 bits per heavy atom. The highest BCUT2D eigenvalue weighted by molar-refractivity contribution is 9.10. The van der Waals surface area contributed by atoms with Gasteiger partial charge in [-0.3, -0.25) is 0 Å². The summed E-state index contributed by atoms with van der Waals surface area (Å²) in [5, 5.41) is 2.45. The van der Waals surface area contributed by atoms with Gasteiger partial charge in [-0.05, 0) is 33.4 Å². The summed E-state index contributed by atoms with van der Waals surface area (Å²) in [6.07, 6.45) is 1.66. The van der Waals surface area contributed by atoms with E-state index >= 15 is 0 Å². The second-order valence-electron chi connectivity index (χ2n) is 4.19. The monoisotopic (exact) mass is 348 g/mol. The molecule has 3 rings (SSSR count). The number of benzene rings is 2. The normalized spacial score (nSPS) is 10.8. The van der Waals surface area contributed by atoms with Crippen molar-refractivity contribution in [2.24, 2.45) is 0 Å². The molecule has 0 aliphatic carbocycles. The van der Waals surface area contributed by atoms with Crippen molar-refractivity contribution in [2.75, 3.05) is 7.11 Å². The fourth-order valence-corrected chi connectivity index (χ4v) is 2.44. The van der Waals surface area contributed by atoms with Crippen molar-refractivity contribution in [1.29, 1.82) is 0 Å². The second-order valence-corrected chi connectivity index (χ2v) is 5.41. The van der Waals surface area contributed by atoms with Gasteiger partial charge in [0.15, 0.2) is 5.82 Å². The third kappa shape index (κ3) is 2.25. The summed E-state index contributed by atoms with van der Waals surface area (Å²) in [4.78, 5) is 8.65. The third-order valence-electron chi connectivity index (χ3n) is 3.05. The van der Waals surface area contributed by atoms with E-state index < -0.39 is 0 Å². The van der Waals surface area contributed by atoms with Crippen molar-refractivity contribution in [3.8, 4) is 17.1 Å². The molecule has 0 bridgehead atoms. The molecule has 3 nitrogen and oxygen atoms in total. The highest BCUT2D eigenvalue weighted by atomic mass is 79.9. The van der Waals surface area contributed by atoms with E-state index in [2.05, 4.69) is 25.9 Å². The van der Waals surface area contributed by atoms with Crippen LogP contribution in [0.2, 0.25) is 5.15 Å². The Hall–Kier alpha value is -1.65. The molecule has 0 unspecified atom stereocenters. The first-order chi connectivity index (χ1) is 9.70. The van der Waals surface area contributed by atoms with Gasteiger partial charge in [0.25, 0.3) is 0 Å². The first-order valence-electron chi connectivity index (χ1n) is 5.95. The van der Waals surface area contributed by atoms with E-state index in [0.29, 0.717) is 15.5 Å². The number of hydrogen-bond donors (Lipinski definition) is 0. The van der Waals surface area contributed by atoms with E-state index in [1.165, 1.54) is 0 Å². The molecule has 0 spiro atoms. The zero-order valence-electron chi connectivity index (χ0n) is 10.6. The number of fused-ring (bicyclic) bond motifs is 1. The molecular formula is C15H10BrClN2O. The number of nitrogens with zero attached hydrogens (tertiary/aromatic N) is 2. The number of ether oxygens (including phenoxy) is 1. The minimum Gasteiger partial charge on any atom is -0.496 e. The molecular weight excluding hydrogens is 340 g/mol. The number of aromatic nitrogens is 2. The Balaban J connectivity index is 2.29.